The van der Waals surface area contributed by atoms with E-state index in [0.717, 1.165) is 51.2 Å². The average Bonchev–Trinajstić information content (AvgIpc) is 3.04. The molecule has 3 rings (SSSR count). The number of nitrogens with zero attached hydrogens (tertiary/aromatic N) is 2. The summed E-state index contributed by atoms with van der Waals surface area (Å²) in [7, 11) is -3.13. The third-order valence-electron chi connectivity index (χ3n) is 5.05. The van der Waals surface area contributed by atoms with Crippen molar-refractivity contribution in [1.29, 1.82) is 0 Å². The van der Waals surface area contributed by atoms with Crippen LogP contribution in [-0.2, 0) is 21.3 Å². The lowest BCUT2D eigenvalue weighted by molar-refractivity contribution is -0.0234. The van der Waals surface area contributed by atoms with Gasteiger partial charge in [-0.1, -0.05) is 0 Å². The molecular formula is C15H25N3O3S2. The van der Waals surface area contributed by atoms with E-state index in [1.165, 1.54) is 11.1 Å². The highest BCUT2D eigenvalue weighted by molar-refractivity contribution is 7.88. The predicted molar refractivity (Wildman–Crippen MR) is 91.0 cm³/mol. The van der Waals surface area contributed by atoms with Gasteiger partial charge in [0.2, 0.25) is 10.0 Å². The van der Waals surface area contributed by atoms with Gasteiger partial charge in [0.15, 0.2) is 0 Å². The minimum Gasteiger partial charge on any atom is -0.378 e. The Kier molecular flexibility index (Phi) is 5.08. The number of sulfonamides is 1. The largest absolute Gasteiger partial charge is 0.378 e. The summed E-state index contributed by atoms with van der Waals surface area (Å²) in [5, 5.41) is 0. The van der Waals surface area contributed by atoms with Crippen LogP contribution in [0.15, 0.2) is 5.51 Å². The van der Waals surface area contributed by atoms with Crippen molar-refractivity contribution >= 4 is 21.4 Å². The molecule has 0 amide bonds. The number of ether oxygens (including phenoxy) is 1. The SMILES string of the molecule is Cc1ncsc1CN1CC[C@H]2OCC[C@@]2(CCNS(C)(=O)=O)C1. The molecule has 2 fully saturated rings. The van der Waals surface area contributed by atoms with Crippen molar-refractivity contribution in [2.75, 3.05) is 32.5 Å². The maximum Gasteiger partial charge on any atom is 0.208 e. The Morgan fingerprint density at radius 3 is 3.09 bits per heavy atom. The smallest absolute Gasteiger partial charge is 0.208 e. The average molecular weight is 360 g/mol. The lowest BCUT2D eigenvalue weighted by Crippen LogP contribution is -2.50. The second kappa shape index (κ2) is 6.76. The third kappa shape index (κ3) is 4.11. The molecule has 1 aromatic rings. The fourth-order valence-corrected chi connectivity index (χ4v) is 5.09. The van der Waals surface area contributed by atoms with Gasteiger partial charge in [0.05, 0.1) is 23.6 Å². The molecule has 0 radical (unpaired) electrons. The molecule has 23 heavy (non-hydrogen) atoms. The van der Waals surface area contributed by atoms with E-state index in [1.54, 1.807) is 11.3 Å². The first-order chi connectivity index (χ1) is 10.9. The highest BCUT2D eigenvalue weighted by Crippen LogP contribution is 2.43. The van der Waals surface area contributed by atoms with Gasteiger partial charge >= 0.3 is 0 Å². The zero-order chi connectivity index (χ0) is 16.5. The van der Waals surface area contributed by atoms with Gasteiger partial charge in [-0.3, -0.25) is 4.90 Å². The molecule has 0 saturated carbocycles. The molecule has 1 aromatic heterocycles. The molecule has 0 aromatic carbocycles. The van der Waals surface area contributed by atoms with E-state index in [-0.39, 0.29) is 11.5 Å². The maximum atomic E-state index is 11.3. The summed E-state index contributed by atoms with van der Waals surface area (Å²) >= 11 is 1.71. The van der Waals surface area contributed by atoms with E-state index in [4.69, 9.17) is 4.74 Å². The van der Waals surface area contributed by atoms with Crippen LogP contribution in [0.1, 0.15) is 29.8 Å². The normalized spacial score (nSPS) is 28.9. The zero-order valence-corrected chi connectivity index (χ0v) is 15.4. The van der Waals surface area contributed by atoms with Crippen LogP contribution in [0.25, 0.3) is 0 Å². The quantitative estimate of drug-likeness (QED) is 0.831. The Morgan fingerprint density at radius 1 is 1.57 bits per heavy atom. The summed E-state index contributed by atoms with van der Waals surface area (Å²) < 4.78 is 31.2. The van der Waals surface area contributed by atoms with E-state index in [2.05, 4.69) is 21.5 Å². The van der Waals surface area contributed by atoms with Crippen LogP contribution >= 0.6 is 11.3 Å². The Hall–Kier alpha value is -0.540. The minimum atomic E-state index is -3.13. The Morgan fingerprint density at radius 2 is 2.39 bits per heavy atom. The monoisotopic (exact) mass is 359 g/mol. The fraction of sp³-hybridized carbons (Fsp3) is 0.800. The van der Waals surface area contributed by atoms with Crippen LogP contribution < -0.4 is 4.72 Å². The van der Waals surface area contributed by atoms with Gasteiger partial charge in [-0.05, 0) is 26.2 Å². The molecule has 0 unspecified atom stereocenters. The summed E-state index contributed by atoms with van der Waals surface area (Å²) in [6.07, 6.45) is 4.36. The van der Waals surface area contributed by atoms with E-state index in [1.807, 2.05) is 5.51 Å². The molecule has 130 valence electrons. The van der Waals surface area contributed by atoms with Gasteiger partial charge in [0.1, 0.15) is 0 Å². The van der Waals surface area contributed by atoms with Crippen molar-refractivity contribution in [2.45, 2.75) is 38.8 Å². The fourth-order valence-electron chi connectivity index (χ4n) is 3.80. The standard InChI is InChI=1S/C15H25N3O3S2/c1-12-13(22-11-16-12)9-18-7-3-14-15(10-18,5-8-21-14)4-6-17-23(2,19)20/h11,14,17H,3-10H2,1-2H3/t14-,15+/m1/s1. The lowest BCUT2D eigenvalue weighted by Gasteiger charge is -2.43. The topological polar surface area (TPSA) is 71.5 Å². The molecule has 8 heteroatoms. The van der Waals surface area contributed by atoms with Crippen molar-refractivity contribution < 1.29 is 13.2 Å². The van der Waals surface area contributed by atoms with Crippen molar-refractivity contribution in [3.05, 3.63) is 16.1 Å². The van der Waals surface area contributed by atoms with Crippen molar-refractivity contribution in [2.24, 2.45) is 5.41 Å². The molecule has 3 heterocycles. The second-order valence-corrected chi connectivity index (χ2v) is 9.52. The van der Waals surface area contributed by atoms with E-state index >= 15 is 0 Å². The molecule has 6 nitrogen and oxygen atoms in total. The van der Waals surface area contributed by atoms with Gasteiger partial charge in [-0.25, -0.2) is 18.1 Å². The number of likely N-dealkylation sites (tertiary alicyclic amines) is 1. The first-order valence-corrected chi connectivity index (χ1v) is 10.8. The number of thiazole rings is 1. The van der Waals surface area contributed by atoms with Gasteiger partial charge in [0, 0.05) is 43.1 Å². The summed E-state index contributed by atoms with van der Waals surface area (Å²) in [5.74, 6) is 0. The number of nitrogens with one attached hydrogen (secondary N) is 1. The van der Waals surface area contributed by atoms with Crippen LogP contribution in [0, 0.1) is 12.3 Å². The number of fused-ring (bicyclic) bond motifs is 1. The molecule has 0 aliphatic carbocycles. The van der Waals surface area contributed by atoms with Crippen LogP contribution in [0.4, 0.5) is 0 Å². The highest BCUT2D eigenvalue weighted by atomic mass is 32.2. The number of piperidine rings is 1. The van der Waals surface area contributed by atoms with Crippen LogP contribution in [0.2, 0.25) is 0 Å². The molecule has 1 N–H and O–H groups in total. The first kappa shape index (κ1) is 17.3. The number of rotatable bonds is 6. The number of aromatic nitrogens is 1. The van der Waals surface area contributed by atoms with Crippen LogP contribution in [0.5, 0.6) is 0 Å². The first-order valence-electron chi connectivity index (χ1n) is 8.06. The maximum absolute atomic E-state index is 11.3. The van der Waals surface area contributed by atoms with Crippen LogP contribution in [0.3, 0.4) is 0 Å². The molecule has 0 spiro atoms. The molecule has 2 aliphatic heterocycles. The van der Waals surface area contributed by atoms with Gasteiger partial charge in [-0.15, -0.1) is 11.3 Å². The Balaban J connectivity index is 1.65. The summed E-state index contributed by atoms with van der Waals surface area (Å²) in [5.41, 5.74) is 3.10. The molecular weight excluding hydrogens is 334 g/mol. The Labute approximate surface area is 142 Å². The second-order valence-electron chi connectivity index (χ2n) is 6.75. The van der Waals surface area contributed by atoms with Crippen LogP contribution in [-0.4, -0.2) is 56.9 Å². The zero-order valence-electron chi connectivity index (χ0n) is 13.7. The van der Waals surface area contributed by atoms with Crippen molar-refractivity contribution in [3.8, 4) is 0 Å². The lowest BCUT2D eigenvalue weighted by atomic mass is 9.74. The minimum absolute atomic E-state index is 0.0779. The number of hydrogen-bond acceptors (Lipinski definition) is 6. The Bertz CT molecular complexity index is 646. The number of aryl methyl sites for hydroxylation is 1. The summed E-state index contributed by atoms with van der Waals surface area (Å²) in [6.45, 7) is 6.28. The third-order valence-corrected chi connectivity index (χ3v) is 6.70. The van der Waals surface area contributed by atoms with E-state index in [9.17, 15) is 8.42 Å². The van der Waals surface area contributed by atoms with Gasteiger partial charge < -0.3 is 4.74 Å². The summed E-state index contributed by atoms with van der Waals surface area (Å²) in [6, 6.07) is 0. The molecule has 2 saturated heterocycles. The highest BCUT2D eigenvalue weighted by Gasteiger charge is 2.47. The van der Waals surface area contributed by atoms with Gasteiger partial charge in [-0.2, -0.15) is 0 Å². The van der Waals surface area contributed by atoms with E-state index in [0.29, 0.717) is 6.54 Å². The molecule has 0 bridgehead atoms. The number of hydrogen-bond donors (Lipinski definition) is 1. The predicted octanol–water partition coefficient (Wildman–Crippen LogP) is 1.37. The van der Waals surface area contributed by atoms with Crippen molar-refractivity contribution in [3.63, 3.8) is 0 Å². The van der Waals surface area contributed by atoms with E-state index < -0.39 is 10.0 Å². The molecule has 2 aliphatic rings. The summed E-state index contributed by atoms with van der Waals surface area (Å²) in [4.78, 5) is 8.14. The van der Waals surface area contributed by atoms with Crippen molar-refractivity contribution in [1.82, 2.24) is 14.6 Å². The molecule has 2 atom stereocenters. The van der Waals surface area contributed by atoms with Gasteiger partial charge in [0.25, 0.3) is 0 Å².